The molecule has 0 bridgehead atoms. The smallest absolute Gasteiger partial charge is 0.338 e. The first-order valence-electron chi connectivity index (χ1n) is 5.68. The fourth-order valence-electron chi connectivity index (χ4n) is 1.31. The largest absolute Gasteiger partial charge is 0.449 e. The van der Waals surface area contributed by atoms with Gasteiger partial charge in [0.15, 0.2) is 6.10 Å². The third-order valence-corrected chi connectivity index (χ3v) is 2.30. The zero-order valence-electron chi connectivity index (χ0n) is 10.6. The van der Waals surface area contributed by atoms with Crippen molar-refractivity contribution in [3.63, 3.8) is 0 Å². The Morgan fingerprint density at radius 2 is 2.32 bits per heavy atom. The Labute approximate surface area is 111 Å². The Bertz CT molecular complexity index is 532. The Morgan fingerprint density at radius 1 is 1.58 bits per heavy atom. The number of nitrogens with one attached hydrogen (secondary N) is 1. The topological polar surface area (TPSA) is 79.2 Å². The summed E-state index contributed by atoms with van der Waals surface area (Å²) in [5, 5.41) is 11.3. The van der Waals surface area contributed by atoms with Gasteiger partial charge >= 0.3 is 5.97 Å². The molecular formula is C14H14N2O3. The minimum atomic E-state index is -0.904. The highest BCUT2D eigenvalue weighted by Gasteiger charge is 2.18. The predicted molar refractivity (Wildman–Crippen MR) is 69.2 cm³/mol. The Balaban J connectivity index is 2.66. The molecule has 0 spiro atoms. The Morgan fingerprint density at radius 3 is 2.95 bits per heavy atom. The molecule has 0 radical (unpaired) electrons. The standard InChI is InChI=1S/C14H14N2O3/c1-3-7-16-13(17)10(2)19-14(18)12-6-4-5-11(8-12)9-15/h3-6,8,10H,1,7H2,2H3,(H,16,17)/t10-/m0/s1. The number of amides is 1. The molecule has 0 aromatic heterocycles. The molecule has 0 saturated heterocycles. The van der Waals surface area contributed by atoms with E-state index in [2.05, 4.69) is 11.9 Å². The van der Waals surface area contributed by atoms with E-state index in [1.165, 1.54) is 25.1 Å². The first kappa shape index (κ1) is 14.5. The van der Waals surface area contributed by atoms with E-state index in [1.807, 2.05) is 6.07 Å². The van der Waals surface area contributed by atoms with Crippen molar-refractivity contribution < 1.29 is 14.3 Å². The molecule has 1 N–H and O–H groups in total. The monoisotopic (exact) mass is 258 g/mol. The van der Waals surface area contributed by atoms with E-state index in [9.17, 15) is 9.59 Å². The molecule has 1 aromatic carbocycles. The highest BCUT2D eigenvalue weighted by atomic mass is 16.5. The van der Waals surface area contributed by atoms with Crippen LogP contribution in [0.1, 0.15) is 22.8 Å². The van der Waals surface area contributed by atoms with E-state index in [0.29, 0.717) is 12.1 Å². The number of carbonyl (C=O) groups is 2. The van der Waals surface area contributed by atoms with Crippen LogP contribution in [0.5, 0.6) is 0 Å². The van der Waals surface area contributed by atoms with Crippen LogP contribution in [0.25, 0.3) is 0 Å². The fourth-order valence-corrected chi connectivity index (χ4v) is 1.31. The summed E-state index contributed by atoms with van der Waals surface area (Å²) in [7, 11) is 0. The van der Waals surface area contributed by atoms with Crippen LogP contribution in [-0.2, 0) is 9.53 Å². The molecule has 1 amide bonds. The molecule has 0 heterocycles. The van der Waals surface area contributed by atoms with E-state index in [4.69, 9.17) is 10.00 Å². The maximum absolute atomic E-state index is 11.8. The van der Waals surface area contributed by atoms with Gasteiger partial charge in [0.2, 0.25) is 0 Å². The van der Waals surface area contributed by atoms with Gasteiger partial charge in [-0.3, -0.25) is 4.79 Å². The molecule has 1 atom stereocenters. The van der Waals surface area contributed by atoms with E-state index in [-0.39, 0.29) is 5.56 Å². The maximum atomic E-state index is 11.8. The van der Waals surface area contributed by atoms with Crippen molar-refractivity contribution in [1.82, 2.24) is 5.32 Å². The number of hydrogen-bond donors (Lipinski definition) is 1. The Kier molecular flexibility index (Phi) is 5.30. The summed E-state index contributed by atoms with van der Waals surface area (Å²) in [6, 6.07) is 8.03. The molecule has 0 unspecified atom stereocenters. The lowest BCUT2D eigenvalue weighted by Crippen LogP contribution is -2.35. The molecule has 98 valence electrons. The first-order chi connectivity index (χ1) is 9.08. The van der Waals surface area contributed by atoms with E-state index >= 15 is 0 Å². The zero-order valence-corrected chi connectivity index (χ0v) is 10.6. The van der Waals surface area contributed by atoms with Crippen LogP contribution in [0.15, 0.2) is 36.9 Å². The zero-order chi connectivity index (χ0) is 14.3. The minimum Gasteiger partial charge on any atom is -0.449 e. The van der Waals surface area contributed by atoms with Gasteiger partial charge in [-0.1, -0.05) is 12.1 Å². The van der Waals surface area contributed by atoms with Gasteiger partial charge in [0.25, 0.3) is 5.91 Å². The van der Waals surface area contributed by atoms with Gasteiger partial charge in [-0.2, -0.15) is 5.26 Å². The summed E-state index contributed by atoms with van der Waals surface area (Å²) in [6.07, 6.45) is 0.626. The number of esters is 1. The van der Waals surface area contributed by atoms with Crippen molar-refractivity contribution in [2.24, 2.45) is 0 Å². The average molecular weight is 258 g/mol. The van der Waals surface area contributed by atoms with Gasteiger partial charge in [-0.25, -0.2) is 4.79 Å². The van der Waals surface area contributed by atoms with Crippen molar-refractivity contribution in [2.75, 3.05) is 6.54 Å². The van der Waals surface area contributed by atoms with Crippen LogP contribution >= 0.6 is 0 Å². The molecule has 19 heavy (non-hydrogen) atoms. The molecule has 0 aliphatic heterocycles. The summed E-state index contributed by atoms with van der Waals surface area (Å²) in [5.74, 6) is -1.04. The molecule has 5 heteroatoms. The van der Waals surface area contributed by atoms with Crippen LogP contribution in [0.3, 0.4) is 0 Å². The number of hydrogen-bond acceptors (Lipinski definition) is 4. The van der Waals surface area contributed by atoms with Crippen molar-refractivity contribution in [3.8, 4) is 6.07 Å². The van der Waals surface area contributed by atoms with Crippen molar-refractivity contribution >= 4 is 11.9 Å². The second kappa shape index (κ2) is 6.97. The van der Waals surface area contributed by atoms with Gasteiger partial charge in [-0.05, 0) is 25.1 Å². The average Bonchev–Trinajstić information content (AvgIpc) is 2.44. The lowest BCUT2D eigenvalue weighted by molar-refractivity contribution is -0.128. The van der Waals surface area contributed by atoms with Gasteiger partial charge in [0.1, 0.15) is 0 Å². The lowest BCUT2D eigenvalue weighted by Gasteiger charge is -2.12. The van der Waals surface area contributed by atoms with E-state index in [0.717, 1.165) is 0 Å². The molecule has 0 aliphatic carbocycles. The summed E-state index contributed by atoms with van der Waals surface area (Å²) < 4.78 is 5.00. The number of rotatable bonds is 5. The van der Waals surface area contributed by atoms with E-state index in [1.54, 1.807) is 12.1 Å². The van der Waals surface area contributed by atoms with Crippen LogP contribution in [0.4, 0.5) is 0 Å². The number of nitrogens with zero attached hydrogens (tertiary/aromatic N) is 1. The minimum absolute atomic E-state index is 0.238. The second-order valence-corrected chi connectivity index (χ2v) is 3.77. The number of carbonyl (C=O) groups excluding carboxylic acids is 2. The molecule has 0 fully saturated rings. The third kappa shape index (κ3) is 4.28. The molecular weight excluding hydrogens is 244 g/mol. The molecule has 1 aromatic rings. The summed E-state index contributed by atoms with van der Waals surface area (Å²) in [5.41, 5.74) is 0.598. The molecule has 0 aliphatic rings. The highest BCUT2D eigenvalue weighted by molar-refractivity contribution is 5.92. The van der Waals surface area contributed by atoms with Gasteiger partial charge in [-0.15, -0.1) is 6.58 Å². The van der Waals surface area contributed by atoms with Crippen molar-refractivity contribution in [2.45, 2.75) is 13.0 Å². The van der Waals surface area contributed by atoms with E-state index < -0.39 is 18.0 Å². The maximum Gasteiger partial charge on any atom is 0.338 e. The number of nitriles is 1. The third-order valence-electron chi connectivity index (χ3n) is 2.30. The van der Waals surface area contributed by atoms with Gasteiger partial charge in [0, 0.05) is 6.54 Å². The number of ether oxygens (including phenoxy) is 1. The van der Waals surface area contributed by atoms with Crippen molar-refractivity contribution in [1.29, 1.82) is 5.26 Å². The fraction of sp³-hybridized carbons (Fsp3) is 0.214. The molecule has 1 rings (SSSR count). The normalized spacial score (nSPS) is 10.9. The first-order valence-corrected chi connectivity index (χ1v) is 5.68. The summed E-state index contributed by atoms with van der Waals surface area (Å²) >= 11 is 0. The quantitative estimate of drug-likeness (QED) is 0.639. The van der Waals surface area contributed by atoms with Gasteiger partial charge < -0.3 is 10.1 Å². The second-order valence-electron chi connectivity index (χ2n) is 3.77. The van der Waals surface area contributed by atoms with Crippen LogP contribution in [0.2, 0.25) is 0 Å². The molecule has 0 saturated carbocycles. The van der Waals surface area contributed by atoms with Crippen molar-refractivity contribution in [3.05, 3.63) is 48.0 Å². The summed E-state index contributed by atoms with van der Waals surface area (Å²) in [6.45, 7) is 5.25. The van der Waals surface area contributed by atoms with Crippen LogP contribution in [-0.4, -0.2) is 24.5 Å². The highest BCUT2D eigenvalue weighted by Crippen LogP contribution is 2.07. The Hall–Kier alpha value is -2.61. The predicted octanol–water partition coefficient (Wildman–Crippen LogP) is 1.41. The molecule has 5 nitrogen and oxygen atoms in total. The summed E-state index contributed by atoms with van der Waals surface area (Å²) in [4.78, 5) is 23.3. The van der Waals surface area contributed by atoms with Crippen LogP contribution in [0, 0.1) is 11.3 Å². The number of benzene rings is 1. The van der Waals surface area contributed by atoms with Gasteiger partial charge in [0.05, 0.1) is 17.2 Å². The SMILES string of the molecule is C=CCNC(=O)[C@H](C)OC(=O)c1cccc(C#N)c1. The lowest BCUT2D eigenvalue weighted by atomic mass is 10.1. The van der Waals surface area contributed by atoms with Crippen LogP contribution < -0.4 is 5.32 Å².